The zero-order valence-electron chi connectivity index (χ0n) is 11.1. The summed E-state index contributed by atoms with van der Waals surface area (Å²) in [6.45, 7) is 3.93. The van der Waals surface area contributed by atoms with Crippen molar-refractivity contribution in [3.05, 3.63) is 28.8 Å². The molecule has 0 aliphatic heterocycles. The zero-order chi connectivity index (χ0) is 14.4. The Kier molecular flexibility index (Phi) is 5.70. The van der Waals surface area contributed by atoms with E-state index in [1.165, 1.54) is 13.2 Å². The van der Waals surface area contributed by atoms with E-state index in [4.69, 9.17) is 26.2 Å². The van der Waals surface area contributed by atoms with Gasteiger partial charge in [0.05, 0.1) is 13.2 Å². The molecule has 19 heavy (non-hydrogen) atoms. The minimum Gasteiger partial charge on any atom is -0.493 e. The summed E-state index contributed by atoms with van der Waals surface area (Å²) in [7, 11) is 1.51. The molecule has 0 saturated carbocycles. The van der Waals surface area contributed by atoms with Crippen LogP contribution in [0.2, 0.25) is 5.02 Å². The van der Waals surface area contributed by atoms with Gasteiger partial charge in [-0.15, -0.1) is 0 Å². The number of hydrogen-bond acceptors (Lipinski definition) is 3. The summed E-state index contributed by atoms with van der Waals surface area (Å²) in [5.41, 5.74) is 0.576. The van der Waals surface area contributed by atoms with E-state index < -0.39 is 5.97 Å². The second-order valence-electron chi connectivity index (χ2n) is 4.03. The van der Waals surface area contributed by atoms with Crippen molar-refractivity contribution >= 4 is 23.6 Å². The molecule has 0 radical (unpaired) electrons. The first-order chi connectivity index (χ1) is 8.97. The molecule has 0 amide bonds. The zero-order valence-corrected chi connectivity index (χ0v) is 11.9. The Bertz CT molecular complexity index is 483. The standard InChI is InChI=1S/C14H17ClO4/c1-4-9(2)19-14-10(5-6-13(16)17)7-11(15)8-12(14)18-3/h5-9H,4H2,1-3H3,(H,16,17)/b6-5+. The molecule has 0 fully saturated rings. The molecule has 1 aromatic rings. The first-order valence-corrected chi connectivity index (χ1v) is 6.30. The van der Waals surface area contributed by atoms with E-state index >= 15 is 0 Å². The lowest BCUT2D eigenvalue weighted by molar-refractivity contribution is -0.131. The summed E-state index contributed by atoms with van der Waals surface area (Å²) >= 11 is 5.97. The van der Waals surface area contributed by atoms with Crippen molar-refractivity contribution in [3.8, 4) is 11.5 Å². The van der Waals surface area contributed by atoms with Gasteiger partial charge in [0.2, 0.25) is 0 Å². The minimum absolute atomic E-state index is 0.00736. The molecular weight excluding hydrogens is 268 g/mol. The number of benzene rings is 1. The van der Waals surface area contributed by atoms with Crippen molar-refractivity contribution in [3.63, 3.8) is 0 Å². The third kappa shape index (κ3) is 4.48. The Morgan fingerprint density at radius 1 is 1.53 bits per heavy atom. The fourth-order valence-electron chi connectivity index (χ4n) is 1.44. The summed E-state index contributed by atoms with van der Waals surface area (Å²) < 4.78 is 11.0. The fraction of sp³-hybridized carbons (Fsp3) is 0.357. The third-order valence-corrected chi connectivity index (χ3v) is 2.79. The number of aliphatic carboxylic acids is 1. The Labute approximate surface area is 117 Å². The number of halogens is 1. The number of rotatable bonds is 6. The second kappa shape index (κ2) is 7.04. The van der Waals surface area contributed by atoms with Gasteiger partial charge in [-0.25, -0.2) is 4.79 Å². The van der Waals surface area contributed by atoms with Crippen molar-refractivity contribution in [2.75, 3.05) is 7.11 Å². The lowest BCUT2D eigenvalue weighted by Gasteiger charge is -2.18. The van der Waals surface area contributed by atoms with Crippen LogP contribution in [0.5, 0.6) is 11.5 Å². The maximum absolute atomic E-state index is 10.6. The Hall–Kier alpha value is -1.68. The van der Waals surface area contributed by atoms with Gasteiger partial charge in [0, 0.05) is 22.7 Å². The minimum atomic E-state index is -1.03. The Morgan fingerprint density at radius 2 is 2.21 bits per heavy atom. The lowest BCUT2D eigenvalue weighted by atomic mass is 10.1. The molecule has 1 aromatic carbocycles. The molecule has 104 valence electrons. The van der Waals surface area contributed by atoms with Gasteiger partial charge in [-0.1, -0.05) is 18.5 Å². The summed E-state index contributed by atoms with van der Waals surface area (Å²) in [5.74, 6) is -0.0509. The average molecular weight is 285 g/mol. The third-order valence-electron chi connectivity index (χ3n) is 2.57. The van der Waals surface area contributed by atoms with Crippen molar-refractivity contribution in [1.29, 1.82) is 0 Å². The number of methoxy groups -OCH3 is 1. The lowest BCUT2D eigenvalue weighted by Crippen LogP contribution is -2.11. The highest BCUT2D eigenvalue weighted by Gasteiger charge is 2.13. The molecule has 0 aliphatic rings. The predicted octanol–water partition coefficient (Wildman–Crippen LogP) is 3.62. The summed E-state index contributed by atoms with van der Waals surface area (Å²) in [6, 6.07) is 3.28. The van der Waals surface area contributed by atoms with Crippen LogP contribution in [0.3, 0.4) is 0 Å². The maximum Gasteiger partial charge on any atom is 0.328 e. The first-order valence-electron chi connectivity index (χ1n) is 5.93. The molecule has 0 saturated heterocycles. The van der Waals surface area contributed by atoms with Gasteiger partial charge in [-0.2, -0.15) is 0 Å². The van der Waals surface area contributed by atoms with Crippen molar-refractivity contribution in [1.82, 2.24) is 0 Å². The van der Waals surface area contributed by atoms with Gasteiger partial charge in [0.25, 0.3) is 0 Å². The highest BCUT2D eigenvalue weighted by molar-refractivity contribution is 6.31. The van der Waals surface area contributed by atoms with Gasteiger partial charge >= 0.3 is 5.97 Å². The second-order valence-corrected chi connectivity index (χ2v) is 4.47. The molecule has 0 aliphatic carbocycles. The molecular formula is C14H17ClO4. The highest BCUT2D eigenvalue weighted by Crippen LogP contribution is 2.36. The first kappa shape index (κ1) is 15.4. The molecule has 1 atom stereocenters. The maximum atomic E-state index is 10.6. The Morgan fingerprint density at radius 3 is 2.74 bits per heavy atom. The van der Waals surface area contributed by atoms with Gasteiger partial charge in [-0.05, 0) is 25.5 Å². The largest absolute Gasteiger partial charge is 0.493 e. The smallest absolute Gasteiger partial charge is 0.328 e. The highest BCUT2D eigenvalue weighted by atomic mass is 35.5. The molecule has 4 nitrogen and oxygen atoms in total. The predicted molar refractivity (Wildman–Crippen MR) is 75.1 cm³/mol. The van der Waals surface area contributed by atoms with Crippen molar-refractivity contribution in [2.45, 2.75) is 26.4 Å². The topological polar surface area (TPSA) is 55.8 Å². The number of carboxylic acids is 1. The molecule has 0 aromatic heterocycles. The molecule has 1 unspecified atom stereocenters. The number of carboxylic acid groups (broad SMARTS) is 1. The van der Waals surface area contributed by atoms with Gasteiger partial charge in [0.1, 0.15) is 0 Å². The summed E-state index contributed by atoms with van der Waals surface area (Å²) in [6.07, 6.45) is 3.30. The van der Waals surface area contributed by atoms with Crippen LogP contribution in [0.4, 0.5) is 0 Å². The van der Waals surface area contributed by atoms with Crippen LogP contribution in [0.25, 0.3) is 6.08 Å². The fourth-order valence-corrected chi connectivity index (χ4v) is 1.65. The van der Waals surface area contributed by atoms with Crippen LogP contribution in [0.15, 0.2) is 18.2 Å². The van der Waals surface area contributed by atoms with Gasteiger partial charge in [-0.3, -0.25) is 0 Å². The van der Waals surface area contributed by atoms with E-state index in [9.17, 15) is 4.79 Å². The van der Waals surface area contributed by atoms with Crippen molar-refractivity contribution in [2.24, 2.45) is 0 Å². The van der Waals surface area contributed by atoms with Crippen LogP contribution < -0.4 is 9.47 Å². The van der Waals surface area contributed by atoms with E-state index in [0.29, 0.717) is 22.1 Å². The normalized spacial score (nSPS) is 12.4. The van der Waals surface area contributed by atoms with Gasteiger partial charge < -0.3 is 14.6 Å². The molecule has 1 rings (SSSR count). The molecule has 0 bridgehead atoms. The average Bonchev–Trinajstić information content (AvgIpc) is 2.37. The van der Waals surface area contributed by atoms with Crippen LogP contribution in [0.1, 0.15) is 25.8 Å². The number of hydrogen-bond donors (Lipinski definition) is 1. The van der Waals surface area contributed by atoms with E-state index in [-0.39, 0.29) is 6.10 Å². The summed E-state index contributed by atoms with van der Waals surface area (Å²) in [5, 5.41) is 9.15. The summed E-state index contributed by atoms with van der Waals surface area (Å²) in [4.78, 5) is 10.6. The number of carbonyl (C=O) groups is 1. The Balaban J connectivity index is 3.24. The quantitative estimate of drug-likeness (QED) is 0.811. The van der Waals surface area contributed by atoms with Crippen LogP contribution in [-0.4, -0.2) is 24.3 Å². The molecule has 5 heteroatoms. The van der Waals surface area contributed by atoms with E-state index in [0.717, 1.165) is 12.5 Å². The number of ether oxygens (including phenoxy) is 2. The van der Waals surface area contributed by atoms with E-state index in [1.54, 1.807) is 12.1 Å². The van der Waals surface area contributed by atoms with Crippen LogP contribution in [-0.2, 0) is 4.79 Å². The van der Waals surface area contributed by atoms with Crippen LogP contribution in [0, 0.1) is 0 Å². The molecule has 0 heterocycles. The van der Waals surface area contributed by atoms with Crippen molar-refractivity contribution < 1.29 is 19.4 Å². The van der Waals surface area contributed by atoms with Crippen LogP contribution >= 0.6 is 11.6 Å². The molecule has 1 N–H and O–H groups in total. The van der Waals surface area contributed by atoms with E-state index in [1.807, 2.05) is 13.8 Å². The van der Waals surface area contributed by atoms with Gasteiger partial charge in [0.15, 0.2) is 11.5 Å². The molecule has 0 spiro atoms. The monoisotopic (exact) mass is 284 g/mol. The SMILES string of the molecule is CCC(C)Oc1c(/C=C/C(=O)O)cc(Cl)cc1OC. The van der Waals surface area contributed by atoms with E-state index in [2.05, 4.69) is 0 Å².